The minimum absolute atomic E-state index is 0.0262. The lowest BCUT2D eigenvalue weighted by Crippen LogP contribution is -2.13. The lowest BCUT2D eigenvalue weighted by Gasteiger charge is -2.21. The molecule has 4 nitrogen and oxygen atoms in total. The van der Waals surface area contributed by atoms with Crippen LogP contribution < -0.4 is 0 Å². The number of nitrogens with zero attached hydrogens (tertiary/aromatic N) is 4. The smallest absolute Gasteiger partial charge is 0.0407 e. The van der Waals surface area contributed by atoms with Gasteiger partial charge in [-0.2, -0.15) is 0 Å². The molecule has 0 spiro atoms. The number of fused-ring (bicyclic) bond motifs is 4. The molecule has 192 valence electrons. The number of rotatable bonds is 0. The van der Waals surface area contributed by atoms with Gasteiger partial charge in [0.1, 0.15) is 0 Å². The number of aliphatic imine (C=N–C) groups is 4. The van der Waals surface area contributed by atoms with Gasteiger partial charge in [0.15, 0.2) is 0 Å². The van der Waals surface area contributed by atoms with E-state index in [0.29, 0.717) is 26.2 Å². The molecule has 2 aromatic rings. The fourth-order valence-corrected chi connectivity index (χ4v) is 4.27. The first-order valence-corrected chi connectivity index (χ1v) is 13.6. The van der Waals surface area contributed by atoms with Crippen molar-refractivity contribution in [3.8, 4) is 0 Å². The van der Waals surface area contributed by atoms with Crippen LogP contribution in [0.5, 0.6) is 0 Å². The number of benzene rings is 2. The molecule has 0 fully saturated rings. The van der Waals surface area contributed by atoms with Gasteiger partial charge in [0.25, 0.3) is 0 Å². The normalized spacial score (nSPS) is 15.8. The molecule has 4 bridgehead atoms. The molecule has 0 aromatic heterocycles. The van der Waals surface area contributed by atoms with Crippen molar-refractivity contribution in [2.75, 3.05) is 26.2 Å². The topological polar surface area (TPSA) is 49.4 Å². The fraction of sp³-hybridized carbons (Fsp3) is 0.467. The molecule has 3 rings (SSSR count). The van der Waals surface area contributed by atoms with Gasteiger partial charge in [0.2, 0.25) is 0 Å². The monoisotopic (exact) mass is 520 g/mol. The van der Waals surface area contributed by atoms with Gasteiger partial charge in [0.05, 0.1) is 0 Å². The molecule has 1 heterocycles. The maximum absolute atomic E-state index is 4.81. The minimum atomic E-state index is 0.0262. The van der Waals surface area contributed by atoms with Crippen molar-refractivity contribution in [3.05, 3.63) is 57.6 Å². The zero-order valence-corrected chi connectivity index (χ0v) is 24.3. The molecule has 0 aliphatic carbocycles. The van der Waals surface area contributed by atoms with E-state index in [2.05, 4.69) is 85.8 Å². The van der Waals surface area contributed by atoms with Gasteiger partial charge in [-0.05, 0) is 59.1 Å². The van der Waals surface area contributed by atoms with Crippen LogP contribution in [0.1, 0.15) is 87.8 Å². The first kappa shape index (κ1) is 28.4. The highest BCUT2D eigenvalue weighted by Gasteiger charge is 2.18. The first-order chi connectivity index (χ1) is 17.0. The van der Waals surface area contributed by atoms with E-state index in [4.69, 9.17) is 25.3 Å². The third kappa shape index (κ3) is 7.91. The summed E-state index contributed by atoms with van der Waals surface area (Å²) in [6.07, 6.45) is 9.51. The maximum Gasteiger partial charge on any atom is 0.0407 e. The molecular formula is C30H40N4S2. The lowest BCUT2D eigenvalue weighted by atomic mass is 9.85. The van der Waals surface area contributed by atoms with Crippen molar-refractivity contribution in [2.24, 2.45) is 20.0 Å². The van der Waals surface area contributed by atoms with E-state index in [0.717, 1.165) is 44.9 Å². The number of thiol groups is 2. The van der Waals surface area contributed by atoms with Crippen molar-refractivity contribution in [1.29, 1.82) is 0 Å². The molecule has 0 unspecified atom stereocenters. The van der Waals surface area contributed by atoms with Crippen LogP contribution in [0.2, 0.25) is 0 Å². The molecule has 0 amide bonds. The van der Waals surface area contributed by atoms with Gasteiger partial charge in [0, 0.05) is 83.1 Å². The van der Waals surface area contributed by atoms with Crippen LogP contribution in [-0.4, -0.2) is 51.0 Å². The Hall–Kier alpha value is -2.18. The molecular weight excluding hydrogens is 480 g/mol. The van der Waals surface area contributed by atoms with Crippen molar-refractivity contribution in [3.63, 3.8) is 0 Å². The SMILES string of the molecule is CC(C)(C)c1cc2c(S)c(c1)C=NCCCN=Cc1cc(C(C)(C)C)cc(c1S)C=NCCCN=C2. The summed E-state index contributed by atoms with van der Waals surface area (Å²) in [6, 6.07) is 8.76. The molecule has 0 radical (unpaired) electrons. The van der Waals surface area contributed by atoms with E-state index in [1.54, 1.807) is 0 Å². The summed E-state index contributed by atoms with van der Waals surface area (Å²) in [7, 11) is 0. The Balaban J connectivity index is 1.91. The summed E-state index contributed by atoms with van der Waals surface area (Å²) in [6.45, 7) is 16.2. The van der Waals surface area contributed by atoms with Crippen molar-refractivity contribution in [1.82, 2.24) is 0 Å². The Labute approximate surface area is 228 Å². The molecule has 1 aliphatic rings. The Kier molecular flexibility index (Phi) is 9.76. The highest BCUT2D eigenvalue weighted by atomic mass is 32.1. The quantitative estimate of drug-likeness (QED) is 0.351. The summed E-state index contributed by atoms with van der Waals surface area (Å²) in [5.41, 5.74) is 6.66. The van der Waals surface area contributed by atoms with Crippen LogP contribution in [0.3, 0.4) is 0 Å². The molecule has 1 aliphatic heterocycles. The highest BCUT2D eigenvalue weighted by Crippen LogP contribution is 2.29. The predicted molar refractivity (Wildman–Crippen MR) is 164 cm³/mol. The van der Waals surface area contributed by atoms with Crippen LogP contribution in [0.15, 0.2) is 54.0 Å². The van der Waals surface area contributed by atoms with E-state index >= 15 is 0 Å². The predicted octanol–water partition coefficient (Wildman–Crippen LogP) is 7.03. The van der Waals surface area contributed by atoms with Gasteiger partial charge in [-0.3, -0.25) is 20.0 Å². The van der Waals surface area contributed by atoms with Crippen LogP contribution in [0.25, 0.3) is 0 Å². The molecule has 0 saturated heterocycles. The summed E-state index contributed by atoms with van der Waals surface area (Å²) in [5.74, 6) is 0. The second-order valence-corrected chi connectivity index (χ2v) is 12.2. The lowest BCUT2D eigenvalue weighted by molar-refractivity contribution is 0.589. The summed E-state index contributed by atoms with van der Waals surface area (Å²) in [5, 5.41) is 0. The fourth-order valence-electron chi connectivity index (χ4n) is 3.78. The molecule has 0 saturated carbocycles. The van der Waals surface area contributed by atoms with E-state index in [1.165, 1.54) is 11.1 Å². The van der Waals surface area contributed by atoms with Crippen molar-refractivity contribution >= 4 is 50.1 Å². The summed E-state index contributed by atoms with van der Waals surface area (Å²) < 4.78 is 0. The van der Waals surface area contributed by atoms with Crippen molar-refractivity contribution < 1.29 is 0 Å². The molecule has 36 heavy (non-hydrogen) atoms. The highest BCUT2D eigenvalue weighted by molar-refractivity contribution is 7.80. The average Bonchev–Trinajstić information content (AvgIpc) is 2.79. The van der Waals surface area contributed by atoms with Gasteiger partial charge >= 0.3 is 0 Å². The van der Waals surface area contributed by atoms with Gasteiger partial charge in [-0.1, -0.05) is 41.5 Å². The Morgan fingerprint density at radius 1 is 0.500 bits per heavy atom. The number of hydrogen-bond acceptors (Lipinski definition) is 6. The Morgan fingerprint density at radius 2 is 0.750 bits per heavy atom. The maximum atomic E-state index is 4.81. The third-order valence-corrected chi connectivity index (χ3v) is 7.17. The zero-order chi connectivity index (χ0) is 26.3. The van der Waals surface area contributed by atoms with Crippen LogP contribution in [0, 0.1) is 0 Å². The zero-order valence-electron chi connectivity index (χ0n) is 22.5. The minimum Gasteiger partial charge on any atom is -0.292 e. The van der Waals surface area contributed by atoms with Crippen LogP contribution >= 0.6 is 25.3 Å². The molecule has 6 heteroatoms. The van der Waals surface area contributed by atoms with Gasteiger partial charge in [-0.25, -0.2) is 0 Å². The van der Waals surface area contributed by atoms with E-state index in [1.807, 2.05) is 24.9 Å². The standard InChI is InChI=1S/C30H40N4S2/c1-29(2,3)25-13-21-17-31-9-7-11-33-19-23-15-26(30(4,5)6)16-24(28(23)36)20-34-12-8-10-32-18-22(14-25)27(21)35/h13-20,35-36H,7-12H2,1-6H3. The van der Waals surface area contributed by atoms with E-state index in [9.17, 15) is 0 Å². The van der Waals surface area contributed by atoms with Crippen LogP contribution in [-0.2, 0) is 10.8 Å². The third-order valence-electron chi connectivity index (χ3n) is 6.14. The molecule has 2 aromatic carbocycles. The number of hydrogen-bond donors (Lipinski definition) is 2. The second kappa shape index (κ2) is 12.4. The first-order valence-electron chi connectivity index (χ1n) is 12.7. The van der Waals surface area contributed by atoms with Gasteiger partial charge < -0.3 is 0 Å². The van der Waals surface area contributed by atoms with Crippen molar-refractivity contribution in [2.45, 2.75) is 75.0 Å². The van der Waals surface area contributed by atoms with Gasteiger partial charge in [-0.15, -0.1) is 25.3 Å². The Bertz CT molecular complexity index is 1010. The molecule has 0 atom stereocenters. The van der Waals surface area contributed by atoms with E-state index in [-0.39, 0.29) is 10.8 Å². The summed E-state index contributed by atoms with van der Waals surface area (Å²) >= 11 is 9.62. The summed E-state index contributed by atoms with van der Waals surface area (Å²) in [4.78, 5) is 20.6. The average molecular weight is 521 g/mol. The van der Waals surface area contributed by atoms with E-state index < -0.39 is 0 Å². The van der Waals surface area contributed by atoms with Crippen LogP contribution in [0.4, 0.5) is 0 Å². The molecule has 0 N–H and O–H groups in total. The second-order valence-electron chi connectivity index (χ2n) is 11.4. The Morgan fingerprint density at radius 3 is 0.972 bits per heavy atom. The largest absolute Gasteiger partial charge is 0.292 e.